The molecule has 0 saturated carbocycles. The number of rotatable bonds is 5. The average Bonchev–Trinajstić information content (AvgIpc) is 2.52. The molecule has 0 unspecified atom stereocenters. The minimum atomic E-state index is -3.50. The van der Waals surface area contributed by atoms with Crippen LogP contribution in [0.15, 0.2) is 82.2 Å². The van der Waals surface area contributed by atoms with Crippen LogP contribution in [-0.4, -0.2) is 16.5 Å². The van der Waals surface area contributed by atoms with E-state index in [0.29, 0.717) is 9.80 Å². The fourth-order valence-electron chi connectivity index (χ4n) is 2.12. The summed E-state index contributed by atoms with van der Waals surface area (Å²) in [5.74, 6) is 0. The Bertz CT molecular complexity index is 799. The quantitative estimate of drug-likeness (QED) is 0.570. The zero-order valence-electron chi connectivity index (χ0n) is 13.7. The van der Waals surface area contributed by atoms with Crippen molar-refractivity contribution in [2.45, 2.75) is 24.5 Å². The van der Waals surface area contributed by atoms with Crippen LogP contribution in [0.25, 0.3) is 6.08 Å². The molecule has 0 bridgehead atoms. The standard InChI is InChI=1S/C19H22O2SSi/c1-23(2,3)16-19(15-14-17-10-6-4-7-11-17)22(20,21)18-12-8-5-9-13-18/h4-16H,1-3H3/b15-14+,19-16+. The maximum absolute atomic E-state index is 12.9. The monoisotopic (exact) mass is 342 g/mol. The van der Waals surface area contributed by atoms with Gasteiger partial charge in [0.05, 0.1) is 17.9 Å². The molecule has 4 heteroatoms. The van der Waals surface area contributed by atoms with Crippen molar-refractivity contribution in [2.24, 2.45) is 0 Å². The van der Waals surface area contributed by atoms with Crippen molar-refractivity contribution >= 4 is 24.0 Å². The Morgan fingerprint density at radius 2 is 1.39 bits per heavy atom. The Morgan fingerprint density at radius 3 is 1.91 bits per heavy atom. The lowest BCUT2D eigenvalue weighted by atomic mass is 10.2. The van der Waals surface area contributed by atoms with Gasteiger partial charge in [0, 0.05) is 0 Å². The number of benzene rings is 2. The van der Waals surface area contributed by atoms with Crippen LogP contribution in [-0.2, 0) is 9.84 Å². The molecule has 0 N–H and O–H groups in total. The van der Waals surface area contributed by atoms with Crippen LogP contribution in [0.1, 0.15) is 5.56 Å². The summed E-state index contributed by atoms with van der Waals surface area (Å²) < 4.78 is 25.9. The summed E-state index contributed by atoms with van der Waals surface area (Å²) in [6, 6.07) is 18.3. The Kier molecular flexibility index (Phi) is 5.39. The molecule has 0 atom stereocenters. The van der Waals surface area contributed by atoms with Gasteiger partial charge >= 0.3 is 0 Å². The van der Waals surface area contributed by atoms with Gasteiger partial charge in [-0.1, -0.05) is 79.9 Å². The van der Waals surface area contributed by atoms with E-state index in [-0.39, 0.29) is 0 Å². The molecule has 0 fully saturated rings. The summed E-state index contributed by atoms with van der Waals surface area (Å²) in [6.07, 6.45) is 3.57. The van der Waals surface area contributed by atoms with Crippen LogP contribution in [0, 0.1) is 0 Å². The van der Waals surface area contributed by atoms with Crippen LogP contribution in [0.5, 0.6) is 0 Å². The molecule has 0 aliphatic carbocycles. The molecule has 0 aliphatic rings. The highest BCUT2D eigenvalue weighted by atomic mass is 32.2. The molecule has 0 saturated heterocycles. The number of hydrogen-bond donors (Lipinski definition) is 0. The van der Waals surface area contributed by atoms with E-state index in [1.54, 1.807) is 30.3 Å². The fourth-order valence-corrected chi connectivity index (χ4v) is 5.79. The average molecular weight is 343 g/mol. The van der Waals surface area contributed by atoms with E-state index in [0.717, 1.165) is 5.56 Å². The second kappa shape index (κ2) is 7.11. The van der Waals surface area contributed by atoms with Gasteiger partial charge < -0.3 is 0 Å². The minimum Gasteiger partial charge on any atom is -0.219 e. The molecule has 2 nitrogen and oxygen atoms in total. The van der Waals surface area contributed by atoms with Crippen molar-refractivity contribution in [1.82, 2.24) is 0 Å². The SMILES string of the molecule is C[Si](C)(C)/C=C(\C=C\c1ccccc1)S(=O)(=O)c1ccccc1. The summed E-state index contributed by atoms with van der Waals surface area (Å²) in [6.45, 7) is 6.39. The van der Waals surface area contributed by atoms with E-state index in [1.165, 1.54) is 0 Å². The lowest BCUT2D eigenvalue weighted by molar-refractivity contribution is 0.603. The highest BCUT2D eigenvalue weighted by Gasteiger charge is 2.21. The van der Waals surface area contributed by atoms with Crippen LogP contribution >= 0.6 is 0 Å². The zero-order chi connectivity index (χ0) is 16.9. The van der Waals surface area contributed by atoms with Gasteiger partial charge in [-0.15, -0.1) is 0 Å². The predicted octanol–water partition coefficient (Wildman–Crippen LogP) is 4.94. The smallest absolute Gasteiger partial charge is 0.205 e. The number of sulfone groups is 1. The van der Waals surface area contributed by atoms with Gasteiger partial charge in [-0.3, -0.25) is 0 Å². The van der Waals surface area contributed by atoms with Crippen LogP contribution in [0.3, 0.4) is 0 Å². The van der Waals surface area contributed by atoms with E-state index in [2.05, 4.69) is 19.6 Å². The fraction of sp³-hybridized carbons (Fsp3) is 0.158. The Morgan fingerprint density at radius 1 is 0.870 bits per heavy atom. The van der Waals surface area contributed by atoms with E-state index in [9.17, 15) is 8.42 Å². The first kappa shape index (κ1) is 17.4. The van der Waals surface area contributed by atoms with Crippen molar-refractivity contribution in [3.63, 3.8) is 0 Å². The minimum absolute atomic E-state index is 0.335. The molecule has 0 spiro atoms. The van der Waals surface area contributed by atoms with Gasteiger partial charge in [0.15, 0.2) is 0 Å². The first-order valence-corrected chi connectivity index (χ1v) is 12.6. The van der Waals surface area contributed by atoms with Gasteiger partial charge in [-0.2, -0.15) is 0 Å². The lowest BCUT2D eigenvalue weighted by Gasteiger charge is -2.13. The molecule has 0 amide bonds. The van der Waals surface area contributed by atoms with Crippen LogP contribution in [0.2, 0.25) is 19.6 Å². The first-order valence-electron chi connectivity index (χ1n) is 7.55. The molecule has 0 aliphatic heterocycles. The van der Waals surface area contributed by atoms with Crippen molar-refractivity contribution in [3.8, 4) is 0 Å². The molecule has 0 aromatic heterocycles. The summed E-state index contributed by atoms with van der Waals surface area (Å²) in [5.41, 5.74) is 2.92. The summed E-state index contributed by atoms with van der Waals surface area (Å²) >= 11 is 0. The van der Waals surface area contributed by atoms with Crippen LogP contribution < -0.4 is 0 Å². The molecule has 0 radical (unpaired) electrons. The van der Waals surface area contributed by atoms with Crippen molar-refractivity contribution < 1.29 is 8.42 Å². The molecule has 2 aromatic carbocycles. The van der Waals surface area contributed by atoms with E-state index >= 15 is 0 Å². The summed E-state index contributed by atoms with van der Waals surface area (Å²) in [5, 5.41) is 0. The number of allylic oxidation sites excluding steroid dienone is 1. The van der Waals surface area contributed by atoms with Gasteiger partial charge in [0.2, 0.25) is 9.84 Å². The third-order valence-electron chi connectivity index (χ3n) is 3.18. The zero-order valence-corrected chi connectivity index (χ0v) is 15.5. The van der Waals surface area contributed by atoms with E-state index < -0.39 is 17.9 Å². The van der Waals surface area contributed by atoms with Crippen molar-refractivity contribution in [2.75, 3.05) is 0 Å². The Labute approximate surface area is 140 Å². The second-order valence-electron chi connectivity index (χ2n) is 6.47. The molecule has 2 rings (SSSR count). The first-order chi connectivity index (χ1) is 10.8. The Balaban J connectivity index is 2.48. The third kappa shape index (κ3) is 5.05. The summed E-state index contributed by atoms with van der Waals surface area (Å²) in [7, 11) is -5.19. The highest BCUT2D eigenvalue weighted by Crippen LogP contribution is 2.23. The third-order valence-corrected chi connectivity index (χ3v) is 6.33. The molecule has 23 heavy (non-hydrogen) atoms. The topological polar surface area (TPSA) is 34.1 Å². The molecular weight excluding hydrogens is 320 g/mol. The largest absolute Gasteiger partial charge is 0.219 e. The molecular formula is C19H22O2SSi. The van der Waals surface area contributed by atoms with Crippen LogP contribution in [0.4, 0.5) is 0 Å². The van der Waals surface area contributed by atoms with Gasteiger partial charge in [0.1, 0.15) is 0 Å². The highest BCUT2D eigenvalue weighted by molar-refractivity contribution is 7.95. The summed E-state index contributed by atoms with van der Waals surface area (Å²) in [4.78, 5) is 0.717. The Hall–Kier alpha value is -1.91. The second-order valence-corrected chi connectivity index (χ2v) is 13.4. The molecule has 2 aromatic rings. The lowest BCUT2D eigenvalue weighted by Crippen LogP contribution is -2.19. The predicted molar refractivity (Wildman–Crippen MR) is 101 cm³/mol. The van der Waals surface area contributed by atoms with Crippen molar-refractivity contribution in [3.05, 3.63) is 82.9 Å². The maximum Gasteiger partial charge on any atom is 0.205 e. The normalized spacial score (nSPS) is 13.4. The molecule has 120 valence electrons. The van der Waals surface area contributed by atoms with E-state index in [4.69, 9.17) is 0 Å². The molecule has 0 heterocycles. The number of hydrogen-bond acceptors (Lipinski definition) is 2. The maximum atomic E-state index is 12.9. The van der Waals surface area contributed by atoms with Gasteiger partial charge in [-0.05, 0) is 23.8 Å². The van der Waals surface area contributed by atoms with Gasteiger partial charge in [0.25, 0.3) is 0 Å². The van der Waals surface area contributed by atoms with Gasteiger partial charge in [-0.25, -0.2) is 8.42 Å². The van der Waals surface area contributed by atoms with Crippen molar-refractivity contribution in [1.29, 1.82) is 0 Å². The van der Waals surface area contributed by atoms with E-state index in [1.807, 2.05) is 48.2 Å².